The Kier molecular flexibility index (Phi) is 3.12. The van der Waals surface area contributed by atoms with Crippen LogP contribution in [0.2, 0.25) is 5.02 Å². The van der Waals surface area contributed by atoms with Crippen molar-refractivity contribution < 1.29 is 0 Å². The molecule has 0 fully saturated rings. The van der Waals surface area contributed by atoms with Crippen molar-refractivity contribution >= 4 is 41.0 Å². The van der Waals surface area contributed by atoms with Crippen molar-refractivity contribution in [1.82, 2.24) is 9.97 Å². The van der Waals surface area contributed by atoms with Gasteiger partial charge in [-0.05, 0) is 29.8 Å². The zero-order chi connectivity index (χ0) is 13.4. The third kappa shape index (κ3) is 2.29. The zero-order valence-electron chi connectivity index (χ0n) is 9.97. The van der Waals surface area contributed by atoms with Gasteiger partial charge in [-0.2, -0.15) is 12.6 Å². The summed E-state index contributed by atoms with van der Waals surface area (Å²) in [6.45, 7) is 0. The summed E-state index contributed by atoms with van der Waals surface area (Å²) in [6, 6.07) is 13.3. The fourth-order valence-corrected chi connectivity index (χ4v) is 2.58. The molecule has 0 amide bonds. The number of nitrogens with two attached hydrogens (primary N) is 1. The molecule has 0 radical (unpaired) electrons. The van der Waals surface area contributed by atoms with E-state index in [9.17, 15) is 0 Å². The first kappa shape index (κ1) is 12.4. The van der Waals surface area contributed by atoms with Gasteiger partial charge in [-0.1, -0.05) is 29.8 Å². The van der Waals surface area contributed by atoms with Crippen molar-refractivity contribution in [3.8, 4) is 0 Å². The number of hydrogen-bond donors (Lipinski definition) is 3. The van der Waals surface area contributed by atoms with Gasteiger partial charge in [-0.3, -0.25) is 0 Å². The normalized spacial score (nSPS) is 12.7. The highest BCUT2D eigenvalue weighted by Gasteiger charge is 2.16. The number of nitrogens with zero attached hydrogens (tertiary/aromatic N) is 1. The molecule has 1 aromatic heterocycles. The van der Waals surface area contributed by atoms with Crippen LogP contribution in [0.25, 0.3) is 11.0 Å². The van der Waals surface area contributed by atoms with Crippen molar-refractivity contribution in [1.29, 1.82) is 0 Å². The van der Waals surface area contributed by atoms with E-state index >= 15 is 0 Å². The van der Waals surface area contributed by atoms with Gasteiger partial charge in [0.15, 0.2) is 0 Å². The van der Waals surface area contributed by atoms with Crippen LogP contribution < -0.4 is 5.73 Å². The number of benzene rings is 2. The van der Waals surface area contributed by atoms with E-state index in [1.165, 1.54) is 0 Å². The highest BCUT2D eigenvalue weighted by Crippen LogP contribution is 2.32. The van der Waals surface area contributed by atoms with Gasteiger partial charge in [0, 0.05) is 10.7 Å². The van der Waals surface area contributed by atoms with Crippen molar-refractivity contribution in [2.45, 2.75) is 5.25 Å². The Hall–Kier alpha value is -1.65. The SMILES string of the molecule is Nc1cc(Cl)ccc1C(S)c1nc2ccccc2[nH]1. The van der Waals surface area contributed by atoms with Crippen LogP contribution in [0.3, 0.4) is 0 Å². The minimum atomic E-state index is -0.204. The summed E-state index contributed by atoms with van der Waals surface area (Å²) in [6.07, 6.45) is 0. The largest absolute Gasteiger partial charge is 0.398 e. The molecule has 1 heterocycles. The molecule has 5 heteroatoms. The van der Waals surface area contributed by atoms with Crippen molar-refractivity contribution in [2.75, 3.05) is 5.73 Å². The third-order valence-electron chi connectivity index (χ3n) is 3.01. The quantitative estimate of drug-likeness (QED) is 0.496. The number of H-pyrrole nitrogens is 1. The number of fused-ring (bicyclic) bond motifs is 1. The molecule has 0 spiro atoms. The summed E-state index contributed by atoms with van der Waals surface area (Å²) in [5, 5.41) is 0.413. The molecule has 3 aromatic rings. The van der Waals surface area contributed by atoms with Crippen LogP contribution in [-0.4, -0.2) is 9.97 Å². The van der Waals surface area contributed by atoms with Crippen LogP contribution in [-0.2, 0) is 0 Å². The number of para-hydroxylation sites is 2. The second kappa shape index (κ2) is 4.79. The summed E-state index contributed by atoms with van der Waals surface area (Å²) < 4.78 is 0. The number of thiol groups is 1. The summed E-state index contributed by atoms with van der Waals surface area (Å²) in [4.78, 5) is 7.79. The van der Waals surface area contributed by atoms with Gasteiger partial charge in [-0.25, -0.2) is 4.98 Å². The van der Waals surface area contributed by atoms with Crippen molar-refractivity contribution in [3.05, 3.63) is 58.9 Å². The number of rotatable bonds is 2. The van der Waals surface area contributed by atoms with Crippen LogP contribution in [0, 0.1) is 0 Å². The van der Waals surface area contributed by atoms with E-state index in [2.05, 4.69) is 22.6 Å². The van der Waals surface area contributed by atoms with Gasteiger partial charge < -0.3 is 10.7 Å². The molecule has 0 aliphatic heterocycles. The molecular formula is C14H12ClN3S. The Morgan fingerprint density at radius 1 is 1.21 bits per heavy atom. The number of aromatic nitrogens is 2. The summed E-state index contributed by atoms with van der Waals surface area (Å²) in [7, 11) is 0. The Bertz CT molecular complexity index is 705. The van der Waals surface area contributed by atoms with Gasteiger partial charge in [0.05, 0.1) is 16.3 Å². The lowest BCUT2D eigenvalue weighted by molar-refractivity contribution is 1.02. The summed E-state index contributed by atoms with van der Waals surface area (Å²) >= 11 is 10.5. The molecule has 1 atom stereocenters. The van der Waals surface area contributed by atoms with Gasteiger partial charge in [0.25, 0.3) is 0 Å². The summed E-state index contributed by atoms with van der Waals surface area (Å²) in [5.74, 6) is 0.776. The summed E-state index contributed by atoms with van der Waals surface area (Å²) in [5.41, 5.74) is 9.40. The minimum absolute atomic E-state index is 0.204. The molecule has 0 saturated heterocycles. The predicted molar refractivity (Wildman–Crippen MR) is 82.8 cm³/mol. The number of imidazole rings is 1. The van der Waals surface area contributed by atoms with Crippen molar-refractivity contribution in [3.63, 3.8) is 0 Å². The first-order chi connectivity index (χ1) is 9.15. The number of halogens is 1. The Morgan fingerprint density at radius 3 is 2.74 bits per heavy atom. The van der Waals surface area contributed by atoms with Crippen molar-refractivity contribution in [2.24, 2.45) is 0 Å². The molecular weight excluding hydrogens is 278 g/mol. The second-order valence-electron chi connectivity index (χ2n) is 4.31. The van der Waals surface area contributed by atoms with Crippen LogP contribution in [0.1, 0.15) is 16.6 Å². The number of anilines is 1. The third-order valence-corrected chi connectivity index (χ3v) is 3.77. The van der Waals surface area contributed by atoms with Crippen LogP contribution in [0.4, 0.5) is 5.69 Å². The highest BCUT2D eigenvalue weighted by atomic mass is 35.5. The lowest BCUT2D eigenvalue weighted by Gasteiger charge is -2.11. The Balaban J connectivity index is 2.05. The number of nitrogens with one attached hydrogen (secondary N) is 1. The molecule has 1 unspecified atom stereocenters. The molecule has 3 nitrogen and oxygen atoms in total. The number of nitrogen functional groups attached to an aromatic ring is 1. The molecule has 3 N–H and O–H groups in total. The lowest BCUT2D eigenvalue weighted by Crippen LogP contribution is -2.00. The smallest absolute Gasteiger partial charge is 0.124 e. The van der Waals surface area contributed by atoms with E-state index in [0.717, 1.165) is 22.4 Å². The second-order valence-corrected chi connectivity index (χ2v) is 5.27. The van der Waals surface area contributed by atoms with E-state index in [-0.39, 0.29) is 5.25 Å². The molecule has 96 valence electrons. The monoisotopic (exact) mass is 289 g/mol. The van der Waals surface area contributed by atoms with E-state index < -0.39 is 0 Å². The fourth-order valence-electron chi connectivity index (χ4n) is 2.04. The minimum Gasteiger partial charge on any atom is -0.398 e. The predicted octanol–water partition coefficient (Wildman–Crippen LogP) is 3.82. The van der Waals surface area contributed by atoms with E-state index in [4.69, 9.17) is 17.3 Å². The van der Waals surface area contributed by atoms with E-state index in [1.54, 1.807) is 12.1 Å². The van der Waals surface area contributed by atoms with Crippen LogP contribution in [0.5, 0.6) is 0 Å². The van der Waals surface area contributed by atoms with Crippen LogP contribution >= 0.6 is 24.2 Å². The molecule has 0 saturated carbocycles. The molecule has 0 aliphatic rings. The number of aromatic amines is 1. The zero-order valence-corrected chi connectivity index (χ0v) is 11.6. The van der Waals surface area contributed by atoms with Gasteiger partial charge >= 0.3 is 0 Å². The molecule has 2 aromatic carbocycles. The molecule has 0 aliphatic carbocycles. The highest BCUT2D eigenvalue weighted by molar-refractivity contribution is 7.80. The Labute approximate surface area is 121 Å². The standard InChI is InChI=1S/C14H12ClN3S/c15-8-5-6-9(10(16)7-8)13(19)14-17-11-3-1-2-4-12(11)18-14/h1-7,13,19H,16H2,(H,17,18). The van der Waals surface area contributed by atoms with Gasteiger partial charge in [0.2, 0.25) is 0 Å². The topological polar surface area (TPSA) is 54.7 Å². The maximum absolute atomic E-state index is 5.98. The van der Waals surface area contributed by atoms with Gasteiger partial charge in [-0.15, -0.1) is 0 Å². The first-order valence-electron chi connectivity index (χ1n) is 5.83. The average Bonchev–Trinajstić information content (AvgIpc) is 2.81. The molecule has 0 bridgehead atoms. The molecule has 19 heavy (non-hydrogen) atoms. The molecule has 3 rings (SSSR count). The number of hydrogen-bond acceptors (Lipinski definition) is 3. The maximum atomic E-state index is 5.98. The Morgan fingerprint density at radius 2 is 2.00 bits per heavy atom. The average molecular weight is 290 g/mol. The maximum Gasteiger partial charge on any atom is 0.124 e. The van der Waals surface area contributed by atoms with E-state index in [1.807, 2.05) is 30.3 Å². The van der Waals surface area contributed by atoms with Gasteiger partial charge in [0.1, 0.15) is 5.82 Å². The van der Waals surface area contributed by atoms with E-state index in [0.29, 0.717) is 10.7 Å². The van der Waals surface area contributed by atoms with Crippen LogP contribution in [0.15, 0.2) is 42.5 Å². The lowest BCUT2D eigenvalue weighted by atomic mass is 10.1. The first-order valence-corrected chi connectivity index (χ1v) is 6.72. The fraction of sp³-hybridized carbons (Fsp3) is 0.0714.